The van der Waals surface area contributed by atoms with E-state index in [0.717, 1.165) is 27.8 Å². The minimum Gasteiger partial charge on any atom is -0.293 e. The van der Waals surface area contributed by atoms with Crippen LogP contribution in [0.2, 0.25) is 0 Å². The molecule has 1 aliphatic rings. The number of hydrogen-bond acceptors (Lipinski definition) is 3. The van der Waals surface area contributed by atoms with Crippen molar-refractivity contribution in [3.8, 4) is 0 Å². The lowest BCUT2D eigenvalue weighted by Gasteiger charge is -2.11. The molecular formula is C18H13NOS. The number of carbonyl (C=O) groups is 1. The molecule has 0 saturated carbocycles. The molecule has 1 atom stereocenters. The second-order valence-corrected chi connectivity index (χ2v) is 6.20. The number of pyridine rings is 1. The van der Waals surface area contributed by atoms with Gasteiger partial charge in [-0.25, -0.2) is 0 Å². The van der Waals surface area contributed by atoms with Crippen molar-refractivity contribution < 1.29 is 4.79 Å². The maximum absolute atomic E-state index is 13.0. The lowest BCUT2D eigenvalue weighted by atomic mass is 9.90. The van der Waals surface area contributed by atoms with E-state index in [1.54, 1.807) is 18.0 Å². The maximum Gasteiger partial charge on any atom is 0.171 e. The van der Waals surface area contributed by atoms with Gasteiger partial charge in [-0.2, -0.15) is 0 Å². The molecule has 2 nitrogen and oxygen atoms in total. The molecule has 0 saturated heterocycles. The van der Waals surface area contributed by atoms with E-state index in [1.165, 1.54) is 4.90 Å². The number of thioether (sulfide) groups is 1. The zero-order valence-electron chi connectivity index (χ0n) is 11.3. The van der Waals surface area contributed by atoms with Gasteiger partial charge in [0.2, 0.25) is 0 Å². The van der Waals surface area contributed by atoms with Crippen molar-refractivity contribution in [3.63, 3.8) is 0 Å². The van der Waals surface area contributed by atoms with E-state index in [1.807, 2.05) is 42.5 Å². The summed E-state index contributed by atoms with van der Waals surface area (Å²) in [6.07, 6.45) is 1.76. The minimum atomic E-state index is -0.0444. The fraction of sp³-hybridized carbons (Fsp3) is 0.111. The predicted octanol–water partition coefficient (Wildman–Crippen LogP) is 4.31. The second kappa shape index (κ2) is 5.01. The summed E-state index contributed by atoms with van der Waals surface area (Å²) < 4.78 is 0. The molecule has 0 N–H and O–H groups in total. The summed E-state index contributed by atoms with van der Waals surface area (Å²) in [6, 6.07) is 17.8. The monoisotopic (exact) mass is 291 g/mol. The van der Waals surface area contributed by atoms with Crippen molar-refractivity contribution in [2.75, 3.05) is 5.75 Å². The van der Waals surface area contributed by atoms with Gasteiger partial charge in [0.25, 0.3) is 0 Å². The van der Waals surface area contributed by atoms with Crippen LogP contribution in [-0.4, -0.2) is 16.5 Å². The van der Waals surface area contributed by atoms with Crippen LogP contribution in [0, 0.1) is 0 Å². The first-order chi connectivity index (χ1) is 10.3. The average molecular weight is 291 g/mol. The van der Waals surface area contributed by atoms with Crippen LogP contribution in [0.5, 0.6) is 0 Å². The number of rotatable bonds is 2. The second-order valence-electron chi connectivity index (χ2n) is 5.14. The third-order valence-electron chi connectivity index (χ3n) is 3.93. The number of nitrogens with zero attached hydrogens (tertiary/aromatic N) is 1. The number of Topliss-reactive ketones (excluding diaryl/α,β-unsaturated/α-hetero) is 1. The molecule has 3 aromatic rings. The van der Waals surface area contributed by atoms with Gasteiger partial charge in [0.1, 0.15) is 0 Å². The van der Waals surface area contributed by atoms with Gasteiger partial charge in [-0.1, -0.05) is 36.4 Å². The molecule has 0 spiro atoms. The van der Waals surface area contributed by atoms with Crippen LogP contribution in [0.15, 0.2) is 65.7 Å². The number of benzene rings is 2. The van der Waals surface area contributed by atoms with Gasteiger partial charge in [0, 0.05) is 27.8 Å². The van der Waals surface area contributed by atoms with Gasteiger partial charge in [0.15, 0.2) is 5.78 Å². The fourth-order valence-electron chi connectivity index (χ4n) is 2.89. The summed E-state index contributed by atoms with van der Waals surface area (Å²) in [4.78, 5) is 18.6. The average Bonchev–Trinajstić information content (AvgIpc) is 2.98. The maximum atomic E-state index is 13.0. The predicted molar refractivity (Wildman–Crippen MR) is 86.0 cm³/mol. The van der Waals surface area contributed by atoms with Crippen LogP contribution in [0.4, 0.5) is 0 Å². The van der Waals surface area contributed by atoms with E-state index in [4.69, 9.17) is 0 Å². The first-order valence-electron chi connectivity index (χ1n) is 6.94. The van der Waals surface area contributed by atoms with Crippen molar-refractivity contribution in [2.45, 2.75) is 10.8 Å². The van der Waals surface area contributed by atoms with Crippen molar-refractivity contribution in [3.05, 3.63) is 71.9 Å². The number of hydrogen-bond donors (Lipinski definition) is 0. The molecule has 1 aromatic heterocycles. The smallest absolute Gasteiger partial charge is 0.171 e. The van der Waals surface area contributed by atoms with Crippen LogP contribution in [0.3, 0.4) is 0 Å². The van der Waals surface area contributed by atoms with Gasteiger partial charge in [-0.15, -0.1) is 11.8 Å². The minimum absolute atomic E-state index is 0.0444. The summed E-state index contributed by atoms with van der Waals surface area (Å²) in [5.74, 6) is 0.984. The Hall–Kier alpha value is -2.13. The van der Waals surface area contributed by atoms with E-state index in [-0.39, 0.29) is 11.7 Å². The molecule has 0 bridgehead atoms. The standard InChI is InChI=1S/C18H13NOS/c20-18(15-11-21-17-9-2-1-5-13(15)17)14-6-3-8-16-12(14)7-4-10-19-16/h1-10,15H,11H2. The molecule has 0 amide bonds. The lowest BCUT2D eigenvalue weighted by Crippen LogP contribution is -2.13. The molecule has 4 rings (SSSR count). The third-order valence-corrected chi connectivity index (χ3v) is 5.11. The Bertz CT molecular complexity index is 838. The van der Waals surface area contributed by atoms with Gasteiger partial charge < -0.3 is 0 Å². The Labute approximate surface area is 127 Å². The van der Waals surface area contributed by atoms with Gasteiger partial charge >= 0.3 is 0 Å². The lowest BCUT2D eigenvalue weighted by molar-refractivity contribution is 0.0970. The van der Waals surface area contributed by atoms with Crippen LogP contribution in [0.25, 0.3) is 10.9 Å². The Balaban J connectivity index is 1.82. The largest absolute Gasteiger partial charge is 0.293 e. The highest BCUT2D eigenvalue weighted by Gasteiger charge is 2.30. The molecule has 1 aliphatic heterocycles. The summed E-state index contributed by atoms with van der Waals surface area (Å²) in [5, 5.41) is 0.944. The molecule has 0 radical (unpaired) electrons. The van der Waals surface area contributed by atoms with E-state index in [9.17, 15) is 4.79 Å². The summed E-state index contributed by atoms with van der Waals surface area (Å²) in [6.45, 7) is 0. The molecule has 3 heteroatoms. The van der Waals surface area contributed by atoms with E-state index in [2.05, 4.69) is 17.1 Å². The number of aromatic nitrogens is 1. The summed E-state index contributed by atoms with van der Waals surface area (Å²) >= 11 is 1.77. The van der Waals surface area contributed by atoms with Crippen LogP contribution in [0.1, 0.15) is 21.8 Å². The highest BCUT2D eigenvalue weighted by atomic mass is 32.2. The van der Waals surface area contributed by atoms with Gasteiger partial charge in [-0.05, 0) is 23.8 Å². The zero-order chi connectivity index (χ0) is 14.2. The van der Waals surface area contributed by atoms with Crippen molar-refractivity contribution in [1.29, 1.82) is 0 Å². The zero-order valence-corrected chi connectivity index (χ0v) is 12.1. The molecule has 2 aromatic carbocycles. The van der Waals surface area contributed by atoms with E-state index >= 15 is 0 Å². The highest BCUT2D eigenvalue weighted by molar-refractivity contribution is 7.99. The number of fused-ring (bicyclic) bond motifs is 2. The third kappa shape index (κ3) is 2.05. The summed E-state index contributed by atoms with van der Waals surface area (Å²) in [5.41, 5.74) is 2.82. The fourth-order valence-corrected chi connectivity index (χ4v) is 4.11. The number of ketones is 1. The molecule has 1 unspecified atom stereocenters. The molecule has 2 heterocycles. The molecule has 21 heavy (non-hydrogen) atoms. The molecule has 0 aliphatic carbocycles. The first-order valence-corrected chi connectivity index (χ1v) is 7.93. The van der Waals surface area contributed by atoms with Crippen molar-refractivity contribution >= 4 is 28.4 Å². The van der Waals surface area contributed by atoms with E-state index < -0.39 is 0 Å². The molecule has 102 valence electrons. The van der Waals surface area contributed by atoms with Gasteiger partial charge in [0.05, 0.1) is 11.4 Å². The van der Waals surface area contributed by atoms with Crippen LogP contribution in [-0.2, 0) is 0 Å². The van der Waals surface area contributed by atoms with Crippen LogP contribution >= 0.6 is 11.8 Å². The van der Waals surface area contributed by atoms with Crippen molar-refractivity contribution in [1.82, 2.24) is 4.98 Å². The Morgan fingerprint density at radius 2 is 1.95 bits per heavy atom. The topological polar surface area (TPSA) is 30.0 Å². The highest BCUT2D eigenvalue weighted by Crippen LogP contribution is 2.41. The normalized spacial score (nSPS) is 16.9. The van der Waals surface area contributed by atoms with Gasteiger partial charge in [-0.3, -0.25) is 9.78 Å². The Kier molecular flexibility index (Phi) is 3.00. The Morgan fingerprint density at radius 3 is 2.90 bits per heavy atom. The molecular weight excluding hydrogens is 278 g/mol. The summed E-state index contributed by atoms with van der Waals surface area (Å²) in [7, 11) is 0. The molecule has 0 fully saturated rings. The Morgan fingerprint density at radius 1 is 1.05 bits per heavy atom. The van der Waals surface area contributed by atoms with Crippen molar-refractivity contribution in [2.24, 2.45) is 0 Å². The van der Waals surface area contributed by atoms with Crippen LogP contribution < -0.4 is 0 Å². The SMILES string of the molecule is O=C(c1cccc2ncccc12)C1CSc2ccccc21. The quantitative estimate of drug-likeness (QED) is 0.659. The van der Waals surface area contributed by atoms with E-state index in [0.29, 0.717) is 0 Å². The first kappa shape index (κ1) is 12.6. The number of carbonyl (C=O) groups excluding carboxylic acids is 1.